The van der Waals surface area contributed by atoms with Gasteiger partial charge in [-0.3, -0.25) is 19.9 Å². The fourth-order valence-electron chi connectivity index (χ4n) is 3.33. The number of hydrogen-bond acceptors (Lipinski definition) is 4. The zero-order valence-corrected chi connectivity index (χ0v) is 32.2. The summed E-state index contributed by atoms with van der Waals surface area (Å²) >= 11 is 5.63. The van der Waals surface area contributed by atoms with Gasteiger partial charge >= 0.3 is 0 Å². The van der Waals surface area contributed by atoms with E-state index < -0.39 is 46.5 Å². The smallest absolute Gasteiger partial charge is 0.198 e. The lowest BCUT2D eigenvalue weighted by Gasteiger charge is -2.02. The van der Waals surface area contributed by atoms with Crippen LogP contribution in [-0.4, -0.2) is 19.9 Å². The maximum atomic E-state index is 12.6. The summed E-state index contributed by atoms with van der Waals surface area (Å²) in [6.45, 7) is 0. The third kappa shape index (κ3) is 10.7. The highest BCUT2D eigenvalue weighted by atomic mass is 127. The monoisotopic (exact) mass is 1120 g/mol. The molecule has 0 saturated carbocycles. The van der Waals surface area contributed by atoms with E-state index in [1.165, 1.54) is 113 Å². The van der Waals surface area contributed by atoms with Crippen LogP contribution in [0.5, 0.6) is 0 Å². The zero-order valence-electron chi connectivity index (χ0n) is 23.6. The van der Waals surface area contributed by atoms with E-state index in [4.69, 9.17) is 0 Å². The van der Waals surface area contributed by atoms with Gasteiger partial charge in [-0.05, 0) is 161 Å². The van der Waals surface area contributed by atoms with Gasteiger partial charge in [0.15, 0.2) is 46.5 Å². The molecule has 4 heterocycles. The molecule has 0 spiro atoms. The van der Waals surface area contributed by atoms with Gasteiger partial charge < -0.3 is 0 Å². The largest absolute Gasteiger partial charge is 0.265 e. The van der Waals surface area contributed by atoms with Crippen molar-refractivity contribution in [1.29, 1.82) is 0 Å². The van der Waals surface area contributed by atoms with E-state index in [0.717, 1.165) is 0 Å². The van der Waals surface area contributed by atoms with Gasteiger partial charge in [0.25, 0.3) is 0 Å². The number of hydrogen-bond donors (Lipinski definition) is 0. The van der Waals surface area contributed by atoms with E-state index >= 15 is 0 Å². The Bertz CT molecular complexity index is 1520. The Balaban J connectivity index is 0.000000174. The van der Waals surface area contributed by atoms with E-state index in [0.29, 0.717) is 0 Å². The first-order valence-electron chi connectivity index (χ1n) is 12.8. The zero-order chi connectivity index (χ0) is 35.4. The van der Waals surface area contributed by atoms with Crippen LogP contribution in [0.4, 0.5) is 35.1 Å². The van der Waals surface area contributed by atoms with Crippen LogP contribution in [0, 0.1) is 60.8 Å². The standard InChI is InChI=1S/2C10H8N2.2C6F4I2/c2*1-5-11-6-2-9(1)10-3-7-12-8-4-10;2*7-1-2(8)4(10)6(12)5(11)3(1)9/h2*1-8H;;. The van der Waals surface area contributed by atoms with Crippen LogP contribution in [0.2, 0.25) is 0 Å². The summed E-state index contributed by atoms with van der Waals surface area (Å²) in [5.74, 6) is -12.5. The maximum absolute atomic E-state index is 12.6. The van der Waals surface area contributed by atoms with Crippen LogP contribution >= 0.6 is 90.4 Å². The van der Waals surface area contributed by atoms with Crippen molar-refractivity contribution in [2.75, 3.05) is 0 Å². The summed E-state index contributed by atoms with van der Waals surface area (Å²) in [5, 5.41) is 0. The number of nitrogens with zero attached hydrogens (tertiary/aromatic N) is 4. The minimum Gasteiger partial charge on any atom is -0.265 e. The Hall–Kier alpha value is -2.60. The van der Waals surface area contributed by atoms with Gasteiger partial charge in [-0.25, -0.2) is 35.1 Å². The molecule has 0 saturated heterocycles. The molecule has 0 atom stereocenters. The van der Waals surface area contributed by atoms with Crippen molar-refractivity contribution in [3.8, 4) is 22.3 Å². The van der Waals surface area contributed by atoms with Gasteiger partial charge in [0, 0.05) is 49.6 Å². The lowest BCUT2D eigenvalue weighted by molar-refractivity contribution is 0.402. The van der Waals surface area contributed by atoms with Crippen LogP contribution in [0.15, 0.2) is 98.1 Å². The van der Waals surface area contributed by atoms with E-state index in [2.05, 4.69) is 19.9 Å². The van der Waals surface area contributed by atoms with Gasteiger partial charge in [-0.2, -0.15) is 0 Å². The summed E-state index contributed by atoms with van der Waals surface area (Å²) in [6, 6.07) is 15.9. The number of halogens is 12. The van der Waals surface area contributed by atoms with E-state index in [9.17, 15) is 35.1 Å². The Morgan fingerprint density at radius 2 is 0.417 bits per heavy atom. The van der Waals surface area contributed by atoms with Crippen molar-refractivity contribution >= 4 is 90.4 Å². The minimum absolute atomic E-state index is 0.246. The first-order valence-corrected chi connectivity index (χ1v) is 17.1. The highest BCUT2D eigenvalue weighted by molar-refractivity contribution is 14.1. The molecular weight excluding hydrogens is 1100 g/mol. The number of pyridine rings is 4. The normalized spacial score (nSPS) is 10.1. The lowest BCUT2D eigenvalue weighted by Crippen LogP contribution is -2.02. The Morgan fingerprint density at radius 1 is 0.271 bits per heavy atom. The molecule has 48 heavy (non-hydrogen) atoms. The Labute approximate surface area is 323 Å². The van der Waals surface area contributed by atoms with Gasteiger partial charge in [0.05, 0.1) is 14.3 Å². The first-order chi connectivity index (χ1) is 22.9. The fraction of sp³-hybridized carbons (Fsp3) is 0. The molecule has 0 fully saturated rings. The van der Waals surface area contributed by atoms with Crippen LogP contribution in [-0.2, 0) is 0 Å². The molecule has 6 aromatic rings. The number of benzene rings is 2. The summed E-state index contributed by atoms with van der Waals surface area (Å²) in [4.78, 5) is 15.8. The summed E-state index contributed by atoms with van der Waals surface area (Å²) in [7, 11) is 0. The van der Waals surface area contributed by atoms with Crippen LogP contribution < -0.4 is 0 Å². The van der Waals surface area contributed by atoms with Crippen molar-refractivity contribution in [2.45, 2.75) is 0 Å². The lowest BCUT2D eigenvalue weighted by atomic mass is 10.1. The highest BCUT2D eigenvalue weighted by Gasteiger charge is 2.23. The molecule has 0 aliphatic heterocycles. The fourth-order valence-corrected chi connectivity index (χ4v) is 5.23. The SMILES string of the molecule is Fc1c(F)c(F)c(I)c(I)c1F.Fc1c(F)c(F)c(I)c(I)c1F.c1cc(-c2ccncc2)ccn1.c1cc(-c2ccncc2)ccn1. The number of aromatic nitrogens is 4. The van der Waals surface area contributed by atoms with Crippen LogP contribution in [0.3, 0.4) is 0 Å². The molecule has 16 heteroatoms. The second-order valence-electron chi connectivity index (χ2n) is 8.71. The molecule has 0 amide bonds. The van der Waals surface area contributed by atoms with Crippen LogP contribution in [0.25, 0.3) is 22.3 Å². The molecule has 0 radical (unpaired) electrons. The summed E-state index contributed by atoms with van der Waals surface area (Å²) < 4.78 is 99.3. The highest BCUT2D eigenvalue weighted by Crippen LogP contribution is 2.27. The van der Waals surface area contributed by atoms with Crippen molar-refractivity contribution in [2.24, 2.45) is 0 Å². The van der Waals surface area contributed by atoms with E-state index in [1.54, 1.807) is 49.6 Å². The molecule has 0 N–H and O–H groups in total. The minimum atomic E-state index is -1.77. The van der Waals surface area contributed by atoms with Gasteiger partial charge in [-0.15, -0.1) is 0 Å². The Kier molecular flexibility index (Phi) is 16.2. The molecule has 0 bridgehead atoms. The topological polar surface area (TPSA) is 51.6 Å². The Morgan fingerprint density at radius 3 is 0.562 bits per heavy atom. The molecule has 0 aliphatic rings. The molecule has 0 aliphatic carbocycles. The van der Waals surface area contributed by atoms with Gasteiger partial charge in [-0.1, -0.05) is 0 Å². The number of rotatable bonds is 2. The molecule has 4 nitrogen and oxygen atoms in total. The third-order valence-corrected chi connectivity index (χ3v) is 11.8. The molecule has 4 aromatic heterocycles. The average Bonchev–Trinajstić information content (AvgIpc) is 3.15. The third-order valence-electron chi connectivity index (χ3n) is 5.70. The predicted octanol–water partition coefficient (Wildman–Crippen LogP) is 11.2. The second kappa shape index (κ2) is 19.6. The summed E-state index contributed by atoms with van der Waals surface area (Å²) in [6.07, 6.45) is 14.3. The molecule has 2 aromatic carbocycles. The maximum Gasteiger partial charge on any atom is 0.198 e. The average molecular weight is 1120 g/mol. The second-order valence-corrected chi connectivity index (χ2v) is 13.0. The quantitative estimate of drug-likeness (QED) is 0.0750. The molecule has 0 unspecified atom stereocenters. The van der Waals surface area contributed by atoms with Crippen molar-refractivity contribution in [3.63, 3.8) is 0 Å². The summed E-state index contributed by atoms with van der Waals surface area (Å²) in [5.41, 5.74) is 4.69. The molecule has 248 valence electrons. The van der Waals surface area contributed by atoms with Gasteiger partial charge in [0.2, 0.25) is 0 Å². The predicted molar refractivity (Wildman–Crippen MR) is 198 cm³/mol. The van der Waals surface area contributed by atoms with E-state index in [-0.39, 0.29) is 14.3 Å². The van der Waals surface area contributed by atoms with E-state index in [1.807, 2.05) is 48.5 Å². The molecule has 6 rings (SSSR count). The van der Waals surface area contributed by atoms with Crippen molar-refractivity contribution in [3.05, 3.63) is 159 Å². The van der Waals surface area contributed by atoms with Crippen LogP contribution in [0.1, 0.15) is 0 Å². The first kappa shape index (κ1) is 39.8. The van der Waals surface area contributed by atoms with Crippen molar-refractivity contribution in [1.82, 2.24) is 19.9 Å². The molecular formula is C32H16F8I4N4. The van der Waals surface area contributed by atoms with Gasteiger partial charge in [0.1, 0.15) is 0 Å². The van der Waals surface area contributed by atoms with Crippen molar-refractivity contribution < 1.29 is 35.1 Å².